The fourth-order valence-electron chi connectivity index (χ4n) is 4.05. The van der Waals surface area contributed by atoms with E-state index in [1.54, 1.807) is 0 Å². The zero-order valence-electron chi connectivity index (χ0n) is 13.0. The second kappa shape index (κ2) is 5.79. The third-order valence-electron chi connectivity index (χ3n) is 5.57. The lowest BCUT2D eigenvalue weighted by Gasteiger charge is -2.43. The molecule has 0 aliphatic heterocycles. The Hall–Kier alpha value is -1.36. The molecular weight excluding hydrogens is 264 g/mol. The van der Waals surface area contributed by atoms with Crippen LogP contribution < -0.4 is 11.1 Å². The normalized spacial score (nSPS) is 32.0. The lowest BCUT2D eigenvalue weighted by atomic mass is 9.65. The summed E-state index contributed by atoms with van der Waals surface area (Å²) in [6.45, 7) is 2.61. The van der Waals surface area contributed by atoms with Gasteiger partial charge >= 0.3 is 0 Å². The summed E-state index contributed by atoms with van der Waals surface area (Å²) in [5.41, 5.74) is 8.50. The van der Waals surface area contributed by atoms with E-state index >= 15 is 0 Å². The van der Waals surface area contributed by atoms with E-state index in [2.05, 4.69) is 10.4 Å². The second-order valence-corrected chi connectivity index (χ2v) is 6.79. The highest BCUT2D eigenvalue weighted by Gasteiger charge is 2.40. The van der Waals surface area contributed by atoms with Gasteiger partial charge in [0.1, 0.15) is 0 Å². The fourth-order valence-corrected chi connectivity index (χ4v) is 4.05. The summed E-state index contributed by atoms with van der Waals surface area (Å²) in [5.74, 6) is 1.45. The molecule has 0 saturated heterocycles. The first-order valence-corrected chi connectivity index (χ1v) is 8.07. The van der Waals surface area contributed by atoms with Gasteiger partial charge in [-0.25, -0.2) is 0 Å². The zero-order chi connectivity index (χ0) is 15.0. The fraction of sp³-hybridized carbons (Fsp3) is 0.750. The number of rotatable bonds is 3. The topological polar surface area (TPSA) is 72.9 Å². The van der Waals surface area contributed by atoms with E-state index in [1.165, 1.54) is 19.3 Å². The van der Waals surface area contributed by atoms with Crippen LogP contribution >= 0.6 is 0 Å². The molecule has 2 bridgehead atoms. The van der Waals surface area contributed by atoms with E-state index in [1.807, 2.05) is 24.9 Å². The molecule has 116 valence electrons. The van der Waals surface area contributed by atoms with E-state index in [0.717, 1.165) is 24.1 Å². The van der Waals surface area contributed by atoms with Gasteiger partial charge < -0.3 is 11.1 Å². The van der Waals surface area contributed by atoms with E-state index < -0.39 is 0 Å². The van der Waals surface area contributed by atoms with Crippen LogP contribution in [0.25, 0.3) is 0 Å². The number of nitrogens with zero attached hydrogens (tertiary/aromatic N) is 2. The quantitative estimate of drug-likeness (QED) is 0.886. The Morgan fingerprint density at radius 1 is 1.43 bits per heavy atom. The number of nitrogens with two attached hydrogens (primary N) is 1. The molecule has 2 saturated carbocycles. The molecule has 5 heteroatoms. The summed E-state index contributed by atoms with van der Waals surface area (Å²) in [6, 6.07) is 0.323. The summed E-state index contributed by atoms with van der Waals surface area (Å²) in [7, 11) is 1.92. The van der Waals surface area contributed by atoms with Crippen LogP contribution in [0.5, 0.6) is 0 Å². The van der Waals surface area contributed by atoms with E-state index in [9.17, 15) is 4.79 Å². The van der Waals surface area contributed by atoms with Crippen LogP contribution in [0.2, 0.25) is 0 Å². The molecule has 1 heterocycles. The van der Waals surface area contributed by atoms with Gasteiger partial charge in [-0.15, -0.1) is 0 Å². The van der Waals surface area contributed by atoms with Gasteiger partial charge in [0.2, 0.25) is 5.91 Å². The Balaban J connectivity index is 1.57. The molecule has 3 N–H and O–H groups in total. The largest absolute Gasteiger partial charge is 0.352 e. The minimum absolute atomic E-state index is 0.150. The average molecular weight is 290 g/mol. The van der Waals surface area contributed by atoms with Crippen LogP contribution in [0.3, 0.4) is 0 Å². The maximum absolute atomic E-state index is 12.4. The van der Waals surface area contributed by atoms with Gasteiger partial charge in [0.05, 0.1) is 6.20 Å². The first-order chi connectivity index (χ1) is 10.1. The number of aromatic nitrogens is 2. The number of carbonyl (C=O) groups excluding carboxylic acids is 1. The predicted octanol–water partition coefficient (Wildman–Crippen LogP) is 1.50. The molecule has 21 heavy (non-hydrogen) atoms. The Morgan fingerprint density at radius 3 is 2.67 bits per heavy atom. The van der Waals surface area contributed by atoms with Crippen molar-refractivity contribution in [3.63, 3.8) is 0 Å². The molecule has 0 radical (unpaired) electrons. The summed E-state index contributed by atoms with van der Waals surface area (Å²) in [4.78, 5) is 12.4. The van der Waals surface area contributed by atoms with Gasteiger partial charge in [-0.05, 0) is 44.4 Å². The first-order valence-electron chi connectivity index (χ1n) is 8.07. The molecule has 3 rings (SSSR count). The third-order valence-corrected chi connectivity index (χ3v) is 5.57. The number of fused-ring (bicyclic) bond motifs is 2. The number of carbonyl (C=O) groups is 1. The number of aryl methyl sites for hydroxylation is 1. The Bertz CT molecular complexity index is 510. The predicted molar refractivity (Wildman–Crippen MR) is 81.3 cm³/mol. The van der Waals surface area contributed by atoms with Crippen molar-refractivity contribution < 1.29 is 4.79 Å². The van der Waals surface area contributed by atoms with E-state index in [4.69, 9.17) is 5.73 Å². The Kier molecular flexibility index (Phi) is 4.02. The molecule has 2 fully saturated rings. The Morgan fingerprint density at radius 2 is 2.10 bits per heavy atom. The average Bonchev–Trinajstić information content (AvgIpc) is 2.76. The van der Waals surface area contributed by atoms with Gasteiger partial charge in [0.25, 0.3) is 0 Å². The highest BCUT2D eigenvalue weighted by Crippen LogP contribution is 2.41. The van der Waals surface area contributed by atoms with E-state index in [-0.39, 0.29) is 11.8 Å². The van der Waals surface area contributed by atoms with Crippen molar-refractivity contribution in [3.05, 3.63) is 17.5 Å². The zero-order valence-corrected chi connectivity index (χ0v) is 13.0. The van der Waals surface area contributed by atoms with Crippen molar-refractivity contribution >= 4 is 5.91 Å². The standard InChI is InChI=1S/C16H26N4O/c1-10-14(9-19-20(10)2)8-18-16(21)13-6-11-4-3-5-12(7-13)15(11)17/h9,11-13,15H,3-8,17H2,1-2H3,(H,18,21). The third kappa shape index (κ3) is 2.84. The highest BCUT2D eigenvalue weighted by atomic mass is 16.1. The molecule has 2 aliphatic rings. The van der Waals surface area contributed by atoms with Crippen molar-refractivity contribution in [1.29, 1.82) is 0 Å². The summed E-state index contributed by atoms with van der Waals surface area (Å²) >= 11 is 0. The lowest BCUT2D eigenvalue weighted by Crippen LogP contribution is -2.49. The van der Waals surface area contributed by atoms with Crippen molar-refractivity contribution in [2.45, 2.75) is 51.6 Å². The Labute approximate surface area is 126 Å². The molecule has 1 aromatic rings. The van der Waals surface area contributed by atoms with Crippen LogP contribution in [-0.2, 0) is 18.4 Å². The second-order valence-electron chi connectivity index (χ2n) is 6.79. The molecule has 1 amide bonds. The molecule has 2 atom stereocenters. The van der Waals surface area contributed by atoms with Gasteiger partial charge in [0.15, 0.2) is 0 Å². The molecule has 2 unspecified atom stereocenters. The molecule has 0 aromatic carbocycles. The smallest absolute Gasteiger partial charge is 0.223 e. The summed E-state index contributed by atoms with van der Waals surface area (Å²) < 4.78 is 1.84. The van der Waals surface area contributed by atoms with Gasteiger partial charge in [-0.3, -0.25) is 9.48 Å². The number of hydrogen-bond donors (Lipinski definition) is 2. The minimum atomic E-state index is 0.150. The first kappa shape index (κ1) is 14.6. The maximum atomic E-state index is 12.4. The van der Waals surface area contributed by atoms with Crippen LogP contribution in [0.4, 0.5) is 0 Å². The maximum Gasteiger partial charge on any atom is 0.223 e. The van der Waals surface area contributed by atoms with Gasteiger partial charge in [0, 0.05) is 36.8 Å². The number of hydrogen-bond acceptors (Lipinski definition) is 3. The van der Waals surface area contributed by atoms with E-state index in [0.29, 0.717) is 24.4 Å². The van der Waals surface area contributed by atoms with Gasteiger partial charge in [-0.2, -0.15) is 5.10 Å². The lowest BCUT2D eigenvalue weighted by molar-refractivity contribution is -0.128. The minimum Gasteiger partial charge on any atom is -0.352 e. The van der Waals surface area contributed by atoms with Crippen molar-refractivity contribution in [1.82, 2.24) is 15.1 Å². The molecular formula is C16H26N4O. The van der Waals surface area contributed by atoms with Crippen LogP contribution in [0.15, 0.2) is 6.20 Å². The van der Waals surface area contributed by atoms with Crippen molar-refractivity contribution in [2.75, 3.05) is 0 Å². The monoisotopic (exact) mass is 290 g/mol. The summed E-state index contributed by atoms with van der Waals surface area (Å²) in [6.07, 6.45) is 7.45. The summed E-state index contributed by atoms with van der Waals surface area (Å²) in [5, 5.41) is 7.31. The van der Waals surface area contributed by atoms with Gasteiger partial charge in [-0.1, -0.05) is 6.42 Å². The molecule has 5 nitrogen and oxygen atoms in total. The highest BCUT2D eigenvalue weighted by molar-refractivity contribution is 5.78. The SMILES string of the molecule is Cc1c(CNC(=O)C2CC3CCCC(C2)C3N)cnn1C. The van der Waals surface area contributed by atoms with Crippen molar-refractivity contribution in [3.8, 4) is 0 Å². The number of amides is 1. The van der Waals surface area contributed by atoms with Crippen molar-refractivity contribution in [2.24, 2.45) is 30.5 Å². The molecule has 1 aromatic heterocycles. The van der Waals surface area contributed by atoms with Crippen LogP contribution in [-0.4, -0.2) is 21.7 Å². The van der Waals surface area contributed by atoms with Crippen LogP contribution in [0, 0.1) is 24.7 Å². The van der Waals surface area contributed by atoms with Crippen LogP contribution in [0.1, 0.15) is 43.4 Å². The number of nitrogens with one attached hydrogen (secondary N) is 1. The molecule has 0 spiro atoms. The molecule has 2 aliphatic carbocycles.